The van der Waals surface area contributed by atoms with Crippen LogP contribution in [0.25, 0.3) is 11.4 Å². The maximum atomic E-state index is 2.65. The van der Waals surface area contributed by atoms with E-state index in [0.717, 1.165) is 0 Å². The molecule has 2 aromatic carbocycles. The van der Waals surface area contributed by atoms with Crippen molar-refractivity contribution in [2.45, 2.75) is 79.1 Å². The van der Waals surface area contributed by atoms with Crippen LogP contribution in [0.4, 0.5) is 0 Å². The number of imidazole rings is 1. The lowest BCUT2D eigenvalue weighted by atomic mass is 9.91. The summed E-state index contributed by atoms with van der Waals surface area (Å²) in [5.74, 6) is 1.95. The van der Waals surface area contributed by atoms with Gasteiger partial charge in [-0.15, -0.1) is 0 Å². The van der Waals surface area contributed by atoms with Crippen molar-refractivity contribution in [1.29, 1.82) is 0 Å². The summed E-state index contributed by atoms with van der Waals surface area (Å²) in [6, 6.07) is 13.7. The number of para-hydroxylation sites is 2. The van der Waals surface area contributed by atoms with Gasteiger partial charge in [0.2, 0.25) is 0 Å². The van der Waals surface area contributed by atoms with Gasteiger partial charge in [-0.3, -0.25) is 0 Å². The van der Waals surface area contributed by atoms with Crippen molar-refractivity contribution >= 4 is 33.2 Å². The van der Waals surface area contributed by atoms with Gasteiger partial charge in [0, 0.05) is 22.3 Å². The molecule has 0 N–H and O–H groups in total. The maximum absolute atomic E-state index is 2.65. The molecule has 1 aromatic heterocycles. The molecule has 31 heavy (non-hydrogen) atoms. The van der Waals surface area contributed by atoms with Gasteiger partial charge >= 0.3 is 0 Å². The monoisotopic (exact) mass is 528 g/mol. The normalized spacial score (nSPS) is 12.0. The van der Waals surface area contributed by atoms with E-state index in [0.29, 0.717) is 23.7 Å². The van der Waals surface area contributed by atoms with Crippen LogP contribution < -0.4 is 10.3 Å². The van der Waals surface area contributed by atoms with Crippen molar-refractivity contribution in [2.24, 2.45) is 0 Å². The summed E-state index contributed by atoms with van der Waals surface area (Å²) in [5.41, 5.74) is 10.00. The summed E-state index contributed by atoms with van der Waals surface area (Å²) in [5, 5.41) is -0.336. The molecule has 4 heteroatoms. The van der Waals surface area contributed by atoms with E-state index in [2.05, 4.69) is 136 Å². The van der Waals surface area contributed by atoms with Crippen molar-refractivity contribution in [1.82, 2.24) is 4.57 Å². The first-order valence-electron chi connectivity index (χ1n) is 11.9. The number of halogens is 1. The Balaban J connectivity index is 2.36. The summed E-state index contributed by atoms with van der Waals surface area (Å²) in [7, 11) is 0. The maximum Gasteiger partial charge on any atom is 0.158 e. The fourth-order valence-corrected chi connectivity index (χ4v) is 5.74. The van der Waals surface area contributed by atoms with Gasteiger partial charge in [0.15, 0.2) is 5.14 Å². The molecule has 0 aliphatic carbocycles. The Hall–Kier alpha value is -1.56. The average molecular weight is 528 g/mol. The third-order valence-electron chi connectivity index (χ3n) is 6.40. The second kappa shape index (κ2) is 9.93. The molecule has 3 aromatic rings. The van der Waals surface area contributed by atoms with Gasteiger partial charge in [0.05, 0.1) is 5.72 Å². The molecule has 0 fully saturated rings. The van der Waals surface area contributed by atoms with Gasteiger partial charge in [-0.05, 0) is 23.7 Å². The molecule has 0 atom stereocenters. The third-order valence-corrected chi connectivity index (χ3v) is 7.36. The van der Waals surface area contributed by atoms with Crippen LogP contribution in [0, 0.1) is 0 Å². The first-order valence-corrected chi connectivity index (χ1v) is 14.0. The van der Waals surface area contributed by atoms with Crippen molar-refractivity contribution in [3.05, 3.63) is 71.0 Å². The fraction of sp³-hybridized carbons (Fsp3) is 0.444. The number of hydrogen-bond donors (Lipinski definition) is 0. The largest absolute Gasteiger partial charge is 0.344 e. The van der Waals surface area contributed by atoms with Crippen LogP contribution in [0.2, 0.25) is 0 Å². The number of hydrogen-bond acceptors (Lipinski definition) is 0. The number of rotatable bonds is 7. The minimum atomic E-state index is -0.336. The molecule has 1 heterocycles. The molecular formula is C27H38BIN2. The van der Waals surface area contributed by atoms with Gasteiger partial charge < -0.3 is 22.4 Å². The van der Waals surface area contributed by atoms with Crippen LogP contribution in [0.5, 0.6) is 0 Å². The van der Waals surface area contributed by atoms with Gasteiger partial charge in [0.25, 0.3) is 0 Å². The molecule has 0 saturated carbocycles. The molecule has 0 unspecified atom stereocenters. The van der Waals surface area contributed by atoms with E-state index in [4.69, 9.17) is 0 Å². The van der Waals surface area contributed by atoms with Crippen LogP contribution in [-0.4, -0.2) is 9.70 Å². The number of benzene rings is 2. The first-order chi connectivity index (χ1) is 14.7. The molecule has 3 rings (SSSR count). The Morgan fingerprint density at radius 2 is 1.13 bits per heavy atom. The minimum Gasteiger partial charge on any atom is -0.344 e. The van der Waals surface area contributed by atoms with E-state index >= 15 is 0 Å². The first kappa shape index (κ1) is 24.1. The molecule has 0 aliphatic heterocycles. The quantitative estimate of drug-likeness (QED) is 0.191. The summed E-state index contributed by atoms with van der Waals surface area (Å²) >= 11 is 2.65. The molecule has 0 radical (unpaired) electrons. The van der Waals surface area contributed by atoms with Crippen LogP contribution in [0.1, 0.15) is 101 Å². The van der Waals surface area contributed by atoms with Crippen molar-refractivity contribution in [3.63, 3.8) is 0 Å². The van der Waals surface area contributed by atoms with Crippen LogP contribution in [0.3, 0.4) is 0 Å². The van der Waals surface area contributed by atoms with E-state index in [9.17, 15) is 0 Å². The summed E-state index contributed by atoms with van der Waals surface area (Å²) in [6.07, 6.45) is 4.62. The highest BCUT2D eigenvalue weighted by molar-refractivity contribution is 14.1. The predicted molar refractivity (Wildman–Crippen MR) is 146 cm³/mol. The molecule has 0 amide bonds. The molecule has 166 valence electrons. The summed E-state index contributed by atoms with van der Waals surface area (Å²) in [6.45, 7) is 18.5. The standard InChI is InChI=1S/C27H38BIN2/c1-17(2)21-11-9-12-22(18(3)4)25(21)30-15-16-31(27(30)28-29)26-23(19(5)6)13-10-14-24(26)20(7)8/h9-20H,28H2,1-8H3. The predicted octanol–water partition coefficient (Wildman–Crippen LogP) is 6.39. The molecule has 0 aliphatic rings. The average Bonchev–Trinajstić information content (AvgIpc) is 3.15. The highest BCUT2D eigenvalue weighted by Crippen LogP contribution is 2.31. The lowest BCUT2D eigenvalue weighted by Gasteiger charge is -2.21. The molecule has 0 bridgehead atoms. The topological polar surface area (TPSA) is 8.81 Å². The van der Waals surface area contributed by atoms with Crippen LogP contribution in [-0.2, 0) is 0 Å². The fourth-order valence-electron chi connectivity index (χ4n) is 4.70. The highest BCUT2D eigenvalue weighted by atomic mass is 127. The zero-order valence-electron chi connectivity index (χ0n) is 20.7. The van der Waals surface area contributed by atoms with Gasteiger partial charge in [-0.25, -0.2) is 9.13 Å². The summed E-state index contributed by atoms with van der Waals surface area (Å²) in [4.78, 5) is 0. The van der Waals surface area contributed by atoms with E-state index in [1.807, 2.05) is 0 Å². The van der Waals surface area contributed by atoms with Gasteiger partial charge in [-0.2, -0.15) is 0 Å². The molecule has 2 nitrogen and oxygen atoms in total. The Morgan fingerprint density at radius 1 is 0.710 bits per heavy atom. The Labute approximate surface area is 203 Å². The Kier molecular flexibility index (Phi) is 7.72. The lowest BCUT2D eigenvalue weighted by molar-refractivity contribution is -0.576. The Bertz CT molecular complexity index is 914. The second-order valence-electron chi connectivity index (χ2n) is 9.96. The van der Waals surface area contributed by atoms with Crippen LogP contribution in [0.15, 0.2) is 48.8 Å². The number of aromatic nitrogens is 2. The Morgan fingerprint density at radius 3 is 1.52 bits per heavy atom. The van der Waals surface area contributed by atoms with E-state index < -0.39 is 0 Å². The summed E-state index contributed by atoms with van der Waals surface area (Å²) < 4.78 is 5.02. The highest BCUT2D eigenvalue weighted by Gasteiger charge is 2.26. The van der Waals surface area contributed by atoms with Crippen molar-refractivity contribution in [2.75, 3.05) is 0 Å². The smallest absolute Gasteiger partial charge is 0.158 e. The van der Waals surface area contributed by atoms with E-state index in [1.165, 1.54) is 39.4 Å². The van der Waals surface area contributed by atoms with E-state index in [-0.39, 0.29) is 5.14 Å². The van der Waals surface area contributed by atoms with Gasteiger partial charge in [0.1, 0.15) is 23.8 Å². The van der Waals surface area contributed by atoms with Crippen LogP contribution >= 0.6 is 22.4 Å². The molecule has 0 saturated heterocycles. The minimum absolute atomic E-state index is 0.336. The second-order valence-corrected chi connectivity index (χ2v) is 11.0. The number of nitrogens with zero attached hydrogens (tertiary/aromatic N) is 2. The SMILES string of the molecule is CC(C)c1cccc(C(C)C)c1-n1cc[n+](-c2c(C(C)C)cccc2C(C)C)c1[BH2-]I. The molecule has 0 spiro atoms. The lowest BCUT2D eigenvalue weighted by Crippen LogP contribution is -2.51. The zero-order valence-corrected chi connectivity index (χ0v) is 22.9. The zero-order chi connectivity index (χ0) is 22.9. The third kappa shape index (κ3) is 4.64. The van der Waals surface area contributed by atoms with E-state index in [1.54, 1.807) is 0 Å². The molecular weight excluding hydrogens is 490 g/mol. The van der Waals surface area contributed by atoms with Gasteiger partial charge in [-0.1, -0.05) is 91.8 Å². The van der Waals surface area contributed by atoms with Crippen molar-refractivity contribution in [3.8, 4) is 11.4 Å². The van der Waals surface area contributed by atoms with Crippen molar-refractivity contribution < 1.29 is 4.57 Å².